The Morgan fingerprint density at radius 2 is 1.85 bits per heavy atom. The van der Waals surface area contributed by atoms with E-state index in [1.165, 1.54) is 11.1 Å². The van der Waals surface area contributed by atoms with Crippen molar-refractivity contribution in [2.45, 2.75) is 40.7 Å². The topological polar surface area (TPSA) is 33.7 Å². The number of hydrogen-bond acceptors (Lipinski definition) is 4. The molecule has 0 aliphatic rings. The second-order valence-corrected chi connectivity index (χ2v) is 7.71. The first-order valence-electron chi connectivity index (χ1n) is 9.68. The summed E-state index contributed by atoms with van der Waals surface area (Å²) >= 11 is 1.67. The van der Waals surface area contributed by atoms with Crippen molar-refractivity contribution in [3.63, 3.8) is 0 Å². The van der Waals surface area contributed by atoms with Crippen molar-refractivity contribution < 1.29 is 4.42 Å². The Morgan fingerprint density at radius 3 is 2.48 bits per heavy atom. The third-order valence-corrected chi connectivity index (χ3v) is 5.62. The molecule has 1 aromatic carbocycles. The van der Waals surface area contributed by atoms with E-state index in [0.29, 0.717) is 0 Å². The molecular weight excluding hydrogens is 354 g/mol. The van der Waals surface area contributed by atoms with Crippen molar-refractivity contribution in [3.8, 4) is 11.5 Å². The maximum Gasteiger partial charge on any atom is 0.190 e. The van der Waals surface area contributed by atoms with Crippen LogP contribution in [0.5, 0.6) is 0 Å². The standard InChI is InChI=1S/C22H29N3OS/c1-5-24(6-2)10-8-11-25-20(21-9-7-12-26-21)16-27-22(25)23-19-14-17(3)13-18(4)15-19/h7,9,12-16H,5-6,8,10-11H2,1-4H3. The van der Waals surface area contributed by atoms with E-state index in [2.05, 4.69) is 60.7 Å². The molecule has 3 rings (SSSR count). The Balaban J connectivity index is 1.94. The van der Waals surface area contributed by atoms with Gasteiger partial charge in [-0.25, -0.2) is 4.99 Å². The molecule has 0 bridgehead atoms. The van der Waals surface area contributed by atoms with Crippen LogP contribution in [-0.2, 0) is 6.54 Å². The third-order valence-electron chi connectivity index (χ3n) is 4.75. The van der Waals surface area contributed by atoms with Crippen molar-refractivity contribution in [1.29, 1.82) is 0 Å². The van der Waals surface area contributed by atoms with Gasteiger partial charge in [0.05, 0.1) is 17.6 Å². The number of rotatable bonds is 8. The van der Waals surface area contributed by atoms with Crippen LogP contribution in [0.15, 0.2) is 51.4 Å². The minimum Gasteiger partial charge on any atom is -0.463 e. The number of aryl methyl sites for hydroxylation is 2. The molecule has 0 saturated carbocycles. The Hall–Kier alpha value is -2.11. The Bertz CT molecular complexity index is 897. The van der Waals surface area contributed by atoms with Crippen molar-refractivity contribution in [1.82, 2.24) is 9.47 Å². The van der Waals surface area contributed by atoms with Crippen LogP contribution in [0.3, 0.4) is 0 Å². The van der Waals surface area contributed by atoms with Gasteiger partial charge in [-0.15, -0.1) is 11.3 Å². The lowest BCUT2D eigenvalue weighted by Gasteiger charge is -2.18. The van der Waals surface area contributed by atoms with Gasteiger partial charge in [0.1, 0.15) is 0 Å². The van der Waals surface area contributed by atoms with Crippen LogP contribution in [0.4, 0.5) is 5.69 Å². The highest BCUT2D eigenvalue weighted by molar-refractivity contribution is 7.07. The fraction of sp³-hybridized carbons (Fsp3) is 0.409. The second kappa shape index (κ2) is 9.20. The van der Waals surface area contributed by atoms with E-state index in [9.17, 15) is 0 Å². The van der Waals surface area contributed by atoms with Gasteiger partial charge in [-0.3, -0.25) is 0 Å². The minimum absolute atomic E-state index is 0.899. The van der Waals surface area contributed by atoms with E-state index in [-0.39, 0.29) is 0 Å². The molecule has 0 saturated heterocycles. The van der Waals surface area contributed by atoms with Crippen molar-refractivity contribution >= 4 is 17.0 Å². The molecule has 5 heteroatoms. The molecule has 4 nitrogen and oxygen atoms in total. The van der Waals surface area contributed by atoms with Crippen LogP contribution in [0.1, 0.15) is 31.4 Å². The molecule has 27 heavy (non-hydrogen) atoms. The summed E-state index contributed by atoms with van der Waals surface area (Å²) in [5.41, 5.74) is 4.60. The summed E-state index contributed by atoms with van der Waals surface area (Å²) in [6.07, 6.45) is 2.82. The average molecular weight is 384 g/mol. The summed E-state index contributed by atoms with van der Waals surface area (Å²) in [5.74, 6) is 0.899. The van der Waals surface area contributed by atoms with Gasteiger partial charge >= 0.3 is 0 Å². The van der Waals surface area contributed by atoms with Gasteiger partial charge in [0.25, 0.3) is 0 Å². The molecule has 0 fully saturated rings. The normalized spacial score (nSPS) is 12.3. The third kappa shape index (κ3) is 4.99. The van der Waals surface area contributed by atoms with Gasteiger partial charge in [0, 0.05) is 11.9 Å². The van der Waals surface area contributed by atoms with Crippen molar-refractivity contribution in [3.05, 3.63) is 57.9 Å². The van der Waals surface area contributed by atoms with Gasteiger partial charge in [0.15, 0.2) is 10.6 Å². The molecule has 2 heterocycles. The maximum atomic E-state index is 5.67. The highest BCUT2D eigenvalue weighted by Crippen LogP contribution is 2.22. The molecule has 0 radical (unpaired) electrons. The molecule has 3 aromatic rings. The molecule has 0 unspecified atom stereocenters. The summed E-state index contributed by atoms with van der Waals surface area (Å²) in [4.78, 5) is 8.44. The first-order valence-corrected chi connectivity index (χ1v) is 10.6. The molecule has 0 aliphatic carbocycles. The fourth-order valence-electron chi connectivity index (χ4n) is 3.37. The number of thiazole rings is 1. The summed E-state index contributed by atoms with van der Waals surface area (Å²) in [7, 11) is 0. The summed E-state index contributed by atoms with van der Waals surface area (Å²) in [6, 6.07) is 10.4. The van der Waals surface area contributed by atoms with E-state index in [1.807, 2.05) is 12.1 Å². The number of aromatic nitrogens is 1. The molecule has 0 atom stereocenters. The SMILES string of the molecule is CCN(CC)CCCn1c(-c2ccco2)csc1=Nc1cc(C)cc(C)c1. The first-order chi connectivity index (χ1) is 13.1. The van der Waals surface area contributed by atoms with Crippen LogP contribution in [0.2, 0.25) is 0 Å². The average Bonchev–Trinajstić information content (AvgIpc) is 3.28. The van der Waals surface area contributed by atoms with E-state index < -0.39 is 0 Å². The zero-order chi connectivity index (χ0) is 19.2. The van der Waals surface area contributed by atoms with Crippen molar-refractivity contribution in [2.75, 3.05) is 19.6 Å². The Labute approximate surface area is 165 Å². The predicted octanol–water partition coefficient (Wildman–Crippen LogP) is 5.39. The molecule has 0 amide bonds. The summed E-state index contributed by atoms with van der Waals surface area (Å²) in [6.45, 7) is 12.9. The van der Waals surface area contributed by atoms with E-state index >= 15 is 0 Å². The molecule has 0 N–H and O–H groups in total. The lowest BCUT2D eigenvalue weighted by Crippen LogP contribution is -2.26. The number of nitrogens with zero attached hydrogens (tertiary/aromatic N) is 3. The monoisotopic (exact) mass is 383 g/mol. The van der Waals surface area contributed by atoms with Crippen molar-refractivity contribution in [2.24, 2.45) is 4.99 Å². The summed E-state index contributed by atoms with van der Waals surface area (Å²) in [5, 5.41) is 2.15. The quantitative estimate of drug-likeness (QED) is 0.522. The number of hydrogen-bond donors (Lipinski definition) is 0. The Morgan fingerprint density at radius 1 is 1.11 bits per heavy atom. The maximum absolute atomic E-state index is 5.67. The smallest absolute Gasteiger partial charge is 0.190 e. The molecule has 0 aliphatic heterocycles. The first kappa shape index (κ1) is 19.6. The van der Waals surface area contributed by atoms with Gasteiger partial charge in [0.2, 0.25) is 0 Å². The lowest BCUT2D eigenvalue weighted by molar-refractivity contribution is 0.293. The van der Waals surface area contributed by atoms with Crippen LogP contribution >= 0.6 is 11.3 Å². The highest BCUT2D eigenvalue weighted by atomic mass is 32.1. The minimum atomic E-state index is 0.899. The highest BCUT2D eigenvalue weighted by Gasteiger charge is 2.11. The van der Waals surface area contributed by atoms with Gasteiger partial charge in [-0.1, -0.05) is 19.9 Å². The predicted molar refractivity (Wildman–Crippen MR) is 114 cm³/mol. The van der Waals surface area contributed by atoms with Gasteiger partial charge < -0.3 is 13.9 Å². The summed E-state index contributed by atoms with van der Waals surface area (Å²) < 4.78 is 7.96. The molecule has 144 valence electrons. The zero-order valence-electron chi connectivity index (χ0n) is 16.7. The molecular formula is C22H29N3OS. The van der Waals surface area contributed by atoms with E-state index in [1.54, 1.807) is 17.6 Å². The van der Waals surface area contributed by atoms with Crippen LogP contribution < -0.4 is 4.80 Å². The van der Waals surface area contributed by atoms with Crippen LogP contribution in [-0.4, -0.2) is 29.1 Å². The molecule has 0 spiro atoms. The number of furan rings is 1. The van der Waals surface area contributed by atoms with Crippen LogP contribution in [0.25, 0.3) is 11.5 Å². The van der Waals surface area contributed by atoms with E-state index in [0.717, 1.165) is 54.5 Å². The fourth-order valence-corrected chi connectivity index (χ4v) is 4.31. The van der Waals surface area contributed by atoms with Crippen LogP contribution in [0, 0.1) is 13.8 Å². The Kier molecular flexibility index (Phi) is 6.69. The van der Waals surface area contributed by atoms with Gasteiger partial charge in [-0.2, -0.15) is 0 Å². The van der Waals surface area contributed by atoms with Gasteiger partial charge in [-0.05, 0) is 75.3 Å². The molecule has 2 aromatic heterocycles. The lowest BCUT2D eigenvalue weighted by atomic mass is 10.1. The largest absolute Gasteiger partial charge is 0.463 e. The van der Waals surface area contributed by atoms with E-state index in [4.69, 9.17) is 9.41 Å². The number of benzene rings is 1. The second-order valence-electron chi connectivity index (χ2n) is 6.87. The zero-order valence-corrected chi connectivity index (χ0v) is 17.6.